The molecule has 288 valence electrons. The van der Waals surface area contributed by atoms with Gasteiger partial charge in [0.25, 0.3) is 19.1 Å². The van der Waals surface area contributed by atoms with Gasteiger partial charge >= 0.3 is 0 Å². The largest absolute Gasteiger partial charge is 0.382 e. The van der Waals surface area contributed by atoms with Crippen molar-refractivity contribution in [2.45, 2.75) is 101 Å². The van der Waals surface area contributed by atoms with Gasteiger partial charge in [0.2, 0.25) is 0 Å². The van der Waals surface area contributed by atoms with Crippen LogP contribution in [0, 0.1) is 11.8 Å². The van der Waals surface area contributed by atoms with E-state index in [4.69, 9.17) is 35.9 Å². The minimum Gasteiger partial charge on any atom is -0.382 e. The van der Waals surface area contributed by atoms with Gasteiger partial charge in [0, 0.05) is 73.3 Å². The standard InChI is InChI=1S/C20H27N5O3S.C17H23ClN2O3S/c1-20(2,3)19-22-16-12-15(29(26,27)25-9-6-18(21)23-25)4-5-17(16)24(19)13-14-7-10-28-11-8-14;1-17(2,3)16-19-14-10-13(24(18,21)22)4-5-15(14)20(16)11-12-6-8-23-9-7-12/h4-6,9,12,14H,7-8,10-11,13H2,1-3H3,(H2,21,23);4-5,10,12H,6-9,11H2,1-3H3. The van der Waals surface area contributed by atoms with E-state index < -0.39 is 19.1 Å². The predicted molar refractivity (Wildman–Crippen MR) is 206 cm³/mol. The highest BCUT2D eigenvalue weighted by Crippen LogP contribution is 2.32. The number of imidazole rings is 2. The maximum absolute atomic E-state index is 12.9. The van der Waals surface area contributed by atoms with Gasteiger partial charge in [0.1, 0.15) is 17.5 Å². The summed E-state index contributed by atoms with van der Waals surface area (Å²) in [5.41, 5.74) is 8.52. The second kappa shape index (κ2) is 15.0. The summed E-state index contributed by atoms with van der Waals surface area (Å²) in [6.07, 6.45) is 5.47. The number of hydrogen-bond donors (Lipinski definition) is 1. The van der Waals surface area contributed by atoms with E-state index in [1.54, 1.807) is 24.3 Å². The van der Waals surface area contributed by atoms with Gasteiger partial charge in [-0.2, -0.15) is 12.5 Å². The molecule has 0 amide bonds. The Balaban J connectivity index is 0.000000185. The summed E-state index contributed by atoms with van der Waals surface area (Å²) < 4.78 is 65.3. The van der Waals surface area contributed by atoms with Crippen molar-refractivity contribution in [1.29, 1.82) is 0 Å². The summed E-state index contributed by atoms with van der Waals surface area (Å²) in [6, 6.07) is 11.5. The second-order valence-electron chi connectivity index (χ2n) is 16.1. The molecule has 16 heteroatoms. The van der Waals surface area contributed by atoms with Crippen LogP contribution in [0.1, 0.15) is 78.9 Å². The fraction of sp³-hybridized carbons (Fsp3) is 0.541. The monoisotopic (exact) mass is 787 g/mol. The third kappa shape index (κ3) is 8.75. The molecule has 0 aliphatic carbocycles. The topological polar surface area (TPSA) is 166 Å². The molecule has 2 aliphatic heterocycles. The van der Waals surface area contributed by atoms with Crippen LogP contribution in [-0.4, -0.2) is 71.6 Å². The van der Waals surface area contributed by atoms with Crippen molar-refractivity contribution in [2.75, 3.05) is 32.2 Å². The third-order valence-electron chi connectivity index (χ3n) is 9.76. The fourth-order valence-corrected chi connectivity index (χ4v) is 8.89. The van der Waals surface area contributed by atoms with Gasteiger partial charge in [-0.05, 0) is 73.9 Å². The van der Waals surface area contributed by atoms with Gasteiger partial charge in [-0.15, -0.1) is 5.10 Å². The van der Waals surface area contributed by atoms with E-state index in [1.165, 1.54) is 12.3 Å². The summed E-state index contributed by atoms with van der Waals surface area (Å²) in [7, 11) is -2.10. The van der Waals surface area contributed by atoms with Crippen LogP contribution in [0.15, 0.2) is 58.5 Å². The molecular weight excluding hydrogens is 738 g/mol. The smallest absolute Gasteiger partial charge is 0.283 e. The van der Waals surface area contributed by atoms with E-state index in [-0.39, 0.29) is 26.4 Å². The van der Waals surface area contributed by atoms with Crippen molar-refractivity contribution < 1.29 is 26.3 Å². The Morgan fingerprint density at radius 3 is 1.55 bits per heavy atom. The lowest BCUT2D eigenvalue weighted by Gasteiger charge is -2.26. The number of ether oxygens (including phenoxy) is 2. The molecule has 2 saturated heterocycles. The Hall–Kier alpha value is -3.50. The molecule has 0 bridgehead atoms. The number of anilines is 1. The van der Waals surface area contributed by atoms with Crippen LogP contribution < -0.4 is 5.73 Å². The zero-order valence-corrected chi connectivity index (χ0v) is 33.6. The molecule has 2 N–H and O–H groups in total. The zero-order chi connectivity index (χ0) is 38.3. The average molecular weight is 788 g/mol. The lowest BCUT2D eigenvalue weighted by molar-refractivity contribution is 0.0610. The van der Waals surface area contributed by atoms with Gasteiger partial charge in [0.05, 0.1) is 31.9 Å². The molecule has 13 nitrogen and oxygen atoms in total. The van der Waals surface area contributed by atoms with Crippen molar-refractivity contribution in [3.05, 3.63) is 60.3 Å². The van der Waals surface area contributed by atoms with Crippen molar-refractivity contribution in [3.8, 4) is 0 Å². The van der Waals surface area contributed by atoms with Crippen molar-refractivity contribution in [1.82, 2.24) is 28.3 Å². The quantitative estimate of drug-likeness (QED) is 0.181. The molecule has 2 aromatic carbocycles. The Kier molecular flexibility index (Phi) is 11.1. The lowest BCUT2D eigenvalue weighted by atomic mass is 9.94. The number of benzene rings is 2. The summed E-state index contributed by atoms with van der Waals surface area (Å²) in [4.78, 5) is 9.80. The maximum Gasteiger partial charge on any atom is 0.283 e. The van der Waals surface area contributed by atoms with E-state index in [0.29, 0.717) is 22.9 Å². The number of halogens is 1. The Morgan fingerprint density at radius 1 is 0.717 bits per heavy atom. The summed E-state index contributed by atoms with van der Waals surface area (Å²) in [5.74, 6) is 3.15. The molecule has 53 heavy (non-hydrogen) atoms. The van der Waals surface area contributed by atoms with Gasteiger partial charge in [-0.3, -0.25) is 0 Å². The molecule has 7 rings (SSSR count). The van der Waals surface area contributed by atoms with E-state index in [2.05, 4.69) is 55.8 Å². The van der Waals surface area contributed by atoms with Crippen molar-refractivity contribution in [3.63, 3.8) is 0 Å². The van der Waals surface area contributed by atoms with Crippen LogP contribution in [0.2, 0.25) is 0 Å². The zero-order valence-electron chi connectivity index (χ0n) is 31.2. The highest BCUT2D eigenvalue weighted by Gasteiger charge is 2.28. The second-order valence-corrected chi connectivity index (χ2v) is 20.4. The molecule has 0 unspecified atom stereocenters. The van der Waals surface area contributed by atoms with Gasteiger partial charge in [0.15, 0.2) is 0 Å². The fourth-order valence-electron chi connectivity index (χ4n) is 6.98. The van der Waals surface area contributed by atoms with Crippen molar-refractivity contribution in [2.24, 2.45) is 11.8 Å². The van der Waals surface area contributed by atoms with E-state index in [1.807, 2.05) is 12.1 Å². The molecule has 0 saturated carbocycles. The van der Waals surface area contributed by atoms with E-state index >= 15 is 0 Å². The maximum atomic E-state index is 12.9. The molecule has 0 radical (unpaired) electrons. The first kappa shape index (κ1) is 39.2. The highest BCUT2D eigenvalue weighted by atomic mass is 35.7. The average Bonchev–Trinajstić information content (AvgIpc) is 3.81. The number of fused-ring (bicyclic) bond motifs is 2. The van der Waals surface area contributed by atoms with Crippen LogP contribution in [0.4, 0.5) is 5.82 Å². The molecule has 0 atom stereocenters. The first-order valence-corrected chi connectivity index (χ1v) is 21.8. The van der Waals surface area contributed by atoms with Crippen LogP contribution in [0.3, 0.4) is 0 Å². The Bertz CT molecular complexity index is 2310. The molecular formula is C37H50ClN7O6S2. The number of nitrogens with two attached hydrogens (primary N) is 1. The van der Waals surface area contributed by atoms with Crippen LogP contribution in [-0.2, 0) is 52.5 Å². The molecule has 2 aliphatic rings. The van der Waals surface area contributed by atoms with Crippen LogP contribution >= 0.6 is 10.7 Å². The van der Waals surface area contributed by atoms with Gasteiger partial charge < -0.3 is 24.3 Å². The molecule has 2 fully saturated rings. The number of nitrogens with zero attached hydrogens (tertiary/aromatic N) is 6. The van der Waals surface area contributed by atoms with Crippen molar-refractivity contribution >= 4 is 57.6 Å². The van der Waals surface area contributed by atoms with Crippen LogP contribution in [0.25, 0.3) is 22.1 Å². The molecule has 5 aromatic rings. The number of hydrogen-bond acceptors (Lipinski definition) is 10. The summed E-state index contributed by atoms with van der Waals surface area (Å²) in [6.45, 7) is 17.6. The molecule has 3 aromatic heterocycles. The molecule has 0 spiro atoms. The number of rotatable bonds is 7. The van der Waals surface area contributed by atoms with E-state index in [0.717, 1.165) is 92.0 Å². The Morgan fingerprint density at radius 2 is 1.15 bits per heavy atom. The summed E-state index contributed by atoms with van der Waals surface area (Å²) in [5, 5.41) is 3.85. The van der Waals surface area contributed by atoms with Gasteiger partial charge in [-0.25, -0.2) is 18.4 Å². The predicted octanol–water partition coefficient (Wildman–Crippen LogP) is 6.46. The highest BCUT2D eigenvalue weighted by molar-refractivity contribution is 8.13. The first-order valence-electron chi connectivity index (χ1n) is 18.0. The van der Waals surface area contributed by atoms with Crippen LogP contribution in [0.5, 0.6) is 0 Å². The lowest BCUT2D eigenvalue weighted by Crippen LogP contribution is -2.25. The SMILES string of the molecule is CC(C)(C)c1nc2cc(S(=O)(=O)Cl)ccc2n1CC1CCOCC1.CC(C)(C)c1nc2cc(S(=O)(=O)n3ccc(N)n3)ccc2n1CC1CCOCC1. The first-order chi connectivity index (χ1) is 24.8. The third-order valence-corrected chi connectivity index (χ3v) is 12.7. The molecule has 5 heterocycles. The normalized spacial score (nSPS) is 17.0. The minimum absolute atomic E-state index is 0.0906. The summed E-state index contributed by atoms with van der Waals surface area (Å²) >= 11 is 0. The van der Waals surface area contributed by atoms with E-state index in [9.17, 15) is 16.8 Å². The Labute approximate surface area is 316 Å². The van der Waals surface area contributed by atoms with Gasteiger partial charge in [-0.1, -0.05) is 41.5 Å². The minimum atomic E-state index is -3.82. The number of nitrogen functional groups attached to an aromatic ring is 1. The number of aromatic nitrogens is 6.